The fourth-order valence-corrected chi connectivity index (χ4v) is 4.59. The molecule has 0 atom stereocenters. The van der Waals surface area contributed by atoms with E-state index in [9.17, 15) is 8.42 Å². The van der Waals surface area contributed by atoms with Gasteiger partial charge in [0.1, 0.15) is 5.69 Å². The van der Waals surface area contributed by atoms with E-state index in [4.69, 9.17) is 4.52 Å². The van der Waals surface area contributed by atoms with Gasteiger partial charge in [0.15, 0.2) is 0 Å². The lowest BCUT2D eigenvalue weighted by Gasteiger charge is -2.35. The first-order valence-electron chi connectivity index (χ1n) is 8.92. The summed E-state index contributed by atoms with van der Waals surface area (Å²) in [6, 6.07) is 12.6. The zero-order valence-corrected chi connectivity index (χ0v) is 15.8. The van der Waals surface area contributed by atoms with Crippen LogP contribution in [0.3, 0.4) is 0 Å². The molecule has 0 aliphatic carbocycles. The molecule has 1 saturated heterocycles. The molecule has 0 bridgehead atoms. The lowest BCUT2D eigenvalue weighted by Crippen LogP contribution is -2.48. The van der Waals surface area contributed by atoms with Gasteiger partial charge in [0.2, 0.25) is 21.7 Å². The molecule has 7 nitrogen and oxygen atoms in total. The van der Waals surface area contributed by atoms with E-state index in [-0.39, 0.29) is 5.92 Å². The van der Waals surface area contributed by atoms with E-state index in [2.05, 4.69) is 22.0 Å². The molecule has 4 rings (SSSR count). The summed E-state index contributed by atoms with van der Waals surface area (Å²) < 4.78 is 32.2. The number of pyridine rings is 1. The maximum absolute atomic E-state index is 12.7. The molecule has 0 saturated carbocycles. The molecule has 1 aromatic carbocycles. The number of nitrogens with zero attached hydrogens (tertiary/aromatic N) is 4. The minimum atomic E-state index is -3.49. The number of rotatable bonds is 6. The van der Waals surface area contributed by atoms with E-state index < -0.39 is 10.0 Å². The normalized spacial score (nSPS) is 15.6. The van der Waals surface area contributed by atoms with Crippen molar-refractivity contribution in [1.29, 1.82) is 0 Å². The lowest BCUT2D eigenvalue weighted by atomic mass is 10.0. The maximum Gasteiger partial charge on any atom is 0.243 e. The Morgan fingerprint density at radius 1 is 1.15 bits per heavy atom. The Morgan fingerprint density at radius 2 is 1.93 bits per heavy atom. The molecule has 0 radical (unpaired) electrons. The summed E-state index contributed by atoms with van der Waals surface area (Å²) >= 11 is 0. The van der Waals surface area contributed by atoms with Crippen molar-refractivity contribution in [2.75, 3.05) is 13.1 Å². The molecule has 0 spiro atoms. The van der Waals surface area contributed by atoms with Crippen LogP contribution in [0.5, 0.6) is 0 Å². The first-order chi connectivity index (χ1) is 13.1. The molecule has 8 heteroatoms. The van der Waals surface area contributed by atoms with Crippen molar-refractivity contribution < 1.29 is 12.9 Å². The Labute approximate surface area is 158 Å². The van der Waals surface area contributed by atoms with Crippen LogP contribution in [0, 0.1) is 0 Å². The topological polar surface area (TPSA) is 89.2 Å². The van der Waals surface area contributed by atoms with Crippen molar-refractivity contribution in [3.8, 4) is 11.5 Å². The van der Waals surface area contributed by atoms with Gasteiger partial charge in [-0.3, -0.25) is 4.98 Å². The van der Waals surface area contributed by atoms with Crippen LogP contribution in [0.25, 0.3) is 11.5 Å². The van der Waals surface area contributed by atoms with Gasteiger partial charge >= 0.3 is 0 Å². The van der Waals surface area contributed by atoms with Crippen LogP contribution in [-0.2, 0) is 16.4 Å². The number of aryl methyl sites for hydroxylation is 1. The van der Waals surface area contributed by atoms with Crippen LogP contribution >= 0.6 is 0 Å². The highest BCUT2D eigenvalue weighted by atomic mass is 32.2. The monoisotopic (exact) mass is 384 g/mol. The van der Waals surface area contributed by atoms with Crippen molar-refractivity contribution >= 4 is 10.0 Å². The number of benzene rings is 1. The number of aromatic nitrogens is 3. The maximum atomic E-state index is 12.7. The van der Waals surface area contributed by atoms with Crippen molar-refractivity contribution in [2.24, 2.45) is 0 Å². The fraction of sp³-hybridized carbons (Fsp3) is 0.316. The van der Waals surface area contributed by atoms with E-state index in [0.29, 0.717) is 35.4 Å². The van der Waals surface area contributed by atoms with E-state index in [1.807, 2.05) is 24.3 Å². The smallest absolute Gasteiger partial charge is 0.243 e. The van der Waals surface area contributed by atoms with Crippen LogP contribution in [0.1, 0.15) is 30.7 Å². The van der Waals surface area contributed by atoms with Crippen molar-refractivity contribution in [1.82, 2.24) is 19.4 Å². The van der Waals surface area contributed by atoms with Crippen LogP contribution in [-0.4, -0.2) is 40.9 Å². The second kappa shape index (κ2) is 7.21. The molecule has 0 N–H and O–H groups in total. The number of sulfonamides is 1. The predicted octanol–water partition coefficient (Wildman–Crippen LogP) is 2.87. The molecule has 1 fully saturated rings. The largest absolute Gasteiger partial charge is 0.339 e. The Balaban J connectivity index is 1.43. The molecule has 0 unspecified atom stereocenters. The van der Waals surface area contributed by atoms with Gasteiger partial charge < -0.3 is 4.52 Å². The van der Waals surface area contributed by atoms with Crippen LogP contribution < -0.4 is 0 Å². The van der Waals surface area contributed by atoms with Gasteiger partial charge in [-0.25, -0.2) is 8.42 Å². The highest BCUT2D eigenvalue weighted by molar-refractivity contribution is 7.89. The van der Waals surface area contributed by atoms with Gasteiger partial charge in [-0.1, -0.05) is 36.7 Å². The first kappa shape index (κ1) is 17.8. The van der Waals surface area contributed by atoms with Gasteiger partial charge in [-0.15, -0.1) is 0 Å². The van der Waals surface area contributed by atoms with E-state index in [1.165, 1.54) is 4.31 Å². The van der Waals surface area contributed by atoms with Gasteiger partial charge in [0.25, 0.3) is 0 Å². The van der Waals surface area contributed by atoms with Crippen molar-refractivity contribution in [2.45, 2.75) is 30.6 Å². The fourth-order valence-electron chi connectivity index (χ4n) is 3.06. The van der Waals surface area contributed by atoms with Crippen LogP contribution in [0.15, 0.2) is 58.1 Å². The van der Waals surface area contributed by atoms with Gasteiger partial charge in [-0.2, -0.15) is 9.29 Å². The summed E-state index contributed by atoms with van der Waals surface area (Å²) in [5.41, 5.74) is 1.77. The molecule has 140 valence electrons. The van der Waals surface area contributed by atoms with E-state index in [0.717, 1.165) is 18.4 Å². The van der Waals surface area contributed by atoms with Crippen molar-refractivity contribution in [3.63, 3.8) is 0 Å². The quantitative estimate of drug-likeness (QED) is 0.649. The van der Waals surface area contributed by atoms with Crippen LogP contribution in [0.4, 0.5) is 0 Å². The zero-order valence-electron chi connectivity index (χ0n) is 14.9. The van der Waals surface area contributed by atoms with Gasteiger partial charge in [0.05, 0.1) is 10.8 Å². The standard InChI is InChI=1S/C19H20N4O3S/c1-2-5-14-7-9-16(10-8-14)27(24,25)23-12-15(13-23)19-21-18(22-26-19)17-6-3-4-11-20-17/h3-4,6-11,15H,2,5,12-13H2,1H3. The highest BCUT2D eigenvalue weighted by Gasteiger charge is 2.40. The highest BCUT2D eigenvalue weighted by Crippen LogP contribution is 2.32. The summed E-state index contributed by atoms with van der Waals surface area (Å²) in [5.74, 6) is 0.767. The van der Waals surface area contributed by atoms with E-state index in [1.54, 1.807) is 24.4 Å². The summed E-state index contributed by atoms with van der Waals surface area (Å²) in [5, 5.41) is 3.95. The minimum absolute atomic E-state index is 0.0934. The summed E-state index contributed by atoms with van der Waals surface area (Å²) in [6.07, 6.45) is 3.64. The summed E-state index contributed by atoms with van der Waals surface area (Å²) in [7, 11) is -3.49. The molecule has 1 aliphatic rings. The molecule has 3 heterocycles. The molecule has 1 aliphatic heterocycles. The Bertz CT molecular complexity index is 1010. The predicted molar refractivity (Wildman–Crippen MR) is 99.5 cm³/mol. The van der Waals surface area contributed by atoms with Gasteiger partial charge in [0, 0.05) is 19.3 Å². The summed E-state index contributed by atoms with van der Waals surface area (Å²) in [4.78, 5) is 8.87. The second-order valence-electron chi connectivity index (χ2n) is 6.58. The minimum Gasteiger partial charge on any atom is -0.339 e. The van der Waals surface area contributed by atoms with Gasteiger partial charge in [-0.05, 0) is 36.2 Å². The average Bonchev–Trinajstić information content (AvgIpc) is 3.11. The zero-order chi connectivity index (χ0) is 18.9. The Morgan fingerprint density at radius 3 is 2.59 bits per heavy atom. The molecule has 3 aromatic rings. The molecular formula is C19H20N4O3S. The number of hydrogen-bond donors (Lipinski definition) is 0. The van der Waals surface area contributed by atoms with Crippen LogP contribution in [0.2, 0.25) is 0 Å². The average molecular weight is 384 g/mol. The SMILES string of the molecule is CCCc1ccc(S(=O)(=O)N2CC(c3nc(-c4ccccn4)no3)C2)cc1. The lowest BCUT2D eigenvalue weighted by molar-refractivity contribution is 0.217. The Kier molecular flexibility index (Phi) is 4.75. The first-order valence-corrected chi connectivity index (χ1v) is 10.4. The third-order valence-corrected chi connectivity index (χ3v) is 6.48. The molecule has 0 amide bonds. The van der Waals surface area contributed by atoms with Crippen molar-refractivity contribution in [3.05, 3.63) is 60.1 Å². The molecule has 27 heavy (non-hydrogen) atoms. The Hall–Kier alpha value is -2.58. The second-order valence-corrected chi connectivity index (χ2v) is 8.52. The third-order valence-electron chi connectivity index (χ3n) is 4.63. The molecule has 2 aromatic heterocycles. The van der Waals surface area contributed by atoms with E-state index >= 15 is 0 Å². The molecular weight excluding hydrogens is 364 g/mol. The number of hydrogen-bond acceptors (Lipinski definition) is 6. The summed E-state index contributed by atoms with van der Waals surface area (Å²) in [6.45, 7) is 2.77. The third kappa shape index (κ3) is 3.50.